The Bertz CT molecular complexity index is 1030. The molecule has 2 unspecified atom stereocenters. The number of ether oxygens (including phenoxy) is 1. The lowest BCUT2D eigenvalue weighted by molar-refractivity contribution is -0.144. The Morgan fingerprint density at radius 2 is 1.70 bits per heavy atom. The number of nitrogens with two attached hydrogens (primary N) is 1. The highest BCUT2D eigenvalue weighted by atomic mass is 16.6. The molecule has 9 nitrogen and oxygen atoms in total. The van der Waals surface area contributed by atoms with E-state index in [0.29, 0.717) is 24.0 Å². The van der Waals surface area contributed by atoms with Crippen LogP contribution in [0, 0.1) is 12.3 Å². The number of rotatable bonds is 9. The van der Waals surface area contributed by atoms with E-state index in [1.165, 1.54) is 4.90 Å². The number of benzene rings is 1. The number of alkyl carbamates (subject to hydrolysis) is 1. The molecule has 2 aliphatic carbocycles. The van der Waals surface area contributed by atoms with Crippen LogP contribution in [0.1, 0.15) is 89.3 Å². The van der Waals surface area contributed by atoms with E-state index in [2.05, 4.69) is 16.6 Å². The number of nitrogens with zero attached hydrogens (tertiary/aromatic N) is 1. The van der Waals surface area contributed by atoms with Gasteiger partial charge in [0.05, 0.1) is 6.42 Å². The fraction of sp³-hybridized carbons (Fsp3) is 0.571. The first-order chi connectivity index (χ1) is 17.5. The van der Waals surface area contributed by atoms with Crippen molar-refractivity contribution in [3.05, 3.63) is 35.4 Å². The van der Waals surface area contributed by atoms with Gasteiger partial charge < -0.3 is 26.0 Å². The van der Waals surface area contributed by atoms with Crippen LogP contribution in [0.4, 0.5) is 4.79 Å². The van der Waals surface area contributed by atoms with Crippen LogP contribution >= 0.6 is 0 Å². The van der Waals surface area contributed by atoms with Crippen molar-refractivity contribution in [1.29, 1.82) is 0 Å². The lowest BCUT2D eigenvalue weighted by Crippen LogP contribution is -2.55. The number of primary amides is 1. The number of nitrogens with one attached hydrogen (secondary N) is 2. The minimum Gasteiger partial charge on any atom is -0.444 e. The second kappa shape index (κ2) is 12.1. The molecule has 37 heavy (non-hydrogen) atoms. The molecule has 2 saturated carbocycles. The molecule has 0 radical (unpaired) electrons. The second-order valence-electron chi connectivity index (χ2n) is 10.9. The molecular formula is C28H38N4O5. The monoisotopic (exact) mass is 510 g/mol. The van der Waals surface area contributed by atoms with Gasteiger partial charge in [0.25, 0.3) is 0 Å². The number of hydrogen-bond donors (Lipinski definition) is 3. The van der Waals surface area contributed by atoms with Crippen LogP contribution in [-0.4, -0.2) is 52.4 Å². The summed E-state index contributed by atoms with van der Waals surface area (Å²) in [6.07, 6.45) is 10.6. The maximum atomic E-state index is 13.9. The minimum atomic E-state index is -1.28. The van der Waals surface area contributed by atoms with E-state index in [9.17, 15) is 19.2 Å². The molecule has 4 N–H and O–H groups in total. The Kier molecular flexibility index (Phi) is 9.19. The van der Waals surface area contributed by atoms with E-state index >= 15 is 0 Å². The van der Waals surface area contributed by atoms with Gasteiger partial charge in [-0.05, 0) is 64.2 Å². The van der Waals surface area contributed by atoms with E-state index in [1.54, 1.807) is 45.0 Å². The summed E-state index contributed by atoms with van der Waals surface area (Å²) >= 11 is 0. The summed E-state index contributed by atoms with van der Waals surface area (Å²) in [5.41, 5.74) is 5.88. The summed E-state index contributed by atoms with van der Waals surface area (Å²) < 4.78 is 5.30. The highest BCUT2D eigenvalue weighted by Crippen LogP contribution is 2.36. The smallest absolute Gasteiger partial charge is 0.408 e. The molecular weight excluding hydrogens is 472 g/mol. The molecule has 200 valence electrons. The number of carbonyl (C=O) groups excluding carboxylic acids is 4. The quantitative estimate of drug-likeness (QED) is 0.440. The lowest BCUT2D eigenvalue weighted by Gasteiger charge is -2.35. The van der Waals surface area contributed by atoms with Gasteiger partial charge in [0, 0.05) is 17.6 Å². The van der Waals surface area contributed by atoms with Crippen molar-refractivity contribution in [1.82, 2.24) is 15.5 Å². The van der Waals surface area contributed by atoms with Crippen LogP contribution < -0.4 is 16.4 Å². The number of amides is 4. The molecule has 4 amide bonds. The molecule has 1 aromatic carbocycles. The normalized spacial score (nSPS) is 17.6. The first kappa shape index (κ1) is 28.0. The summed E-state index contributed by atoms with van der Waals surface area (Å²) in [6, 6.07) is 4.54. The Balaban J connectivity index is 1.94. The average Bonchev–Trinajstić information content (AvgIpc) is 3.66. The average molecular weight is 511 g/mol. The van der Waals surface area contributed by atoms with E-state index in [4.69, 9.17) is 16.9 Å². The predicted molar refractivity (Wildman–Crippen MR) is 139 cm³/mol. The third kappa shape index (κ3) is 8.24. The van der Waals surface area contributed by atoms with Crippen molar-refractivity contribution in [3.8, 4) is 12.3 Å². The zero-order valence-corrected chi connectivity index (χ0v) is 21.9. The van der Waals surface area contributed by atoms with Crippen LogP contribution in [-0.2, 0) is 19.1 Å². The van der Waals surface area contributed by atoms with Gasteiger partial charge >= 0.3 is 6.09 Å². The number of terminal acetylenes is 1. The van der Waals surface area contributed by atoms with Crippen molar-refractivity contribution in [2.24, 2.45) is 5.73 Å². The summed E-state index contributed by atoms with van der Waals surface area (Å²) in [6.45, 7) is 5.08. The van der Waals surface area contributed by atoms with Crippen LogP contribution in [0.25, 0.3) is 0 Å². The molecule has 0 saturated heterocycles. The molecule has 3 rings (SSSR count). The SMILES string of the molecule is C#Cc1ccc(C(C(=O)NC2CCCCC2)N(C(=O)C(CC(N)=O)NC(=O)OC(C)(C)C)C2CC2)cc1. The van der Waals surface area contributed by atoms with E-state index < -0.39 is 42.0 Å². The zero-order chi connectivity index (χ0) is 27.2. The maximum Gasteiger partial charge on any atom is 0.408 e. The van der Waals surface area contributed by atoms with Gasteiger partial charge in [0.2, 0.25) is 17.7 Å². The standard InChI is InChI=1S/C28H38N4O5/c1-5-18-11-13-19(14-12-18)24(25(34)30-20-9-7-6-8-10-20)32(21-15-16-21)26(35)22(17-23(29)33)31-27(36)37-28(2,3)4/h1,11-14,20-22,24H,6-10,15-17H2,2-4H3,(H2,29,33)(H,30,34)(H,31,36). The van der Waals surface area contributed by atoms with Gasteiger partial charge in [-0.25, -0.2) is 4.79 Å². The van der Waals surface area contributed by atoms with Crippen LogP contribution in [0.5, 0.6) is 0 Å². The van der Waals surface area contributed by atoms with Crippen molar-refractivity contribution in [2.45, 2.75) is 102 Å². The molecule has 0 aromatic heterocycles. The zero-order valence-electron chi connectivity index (χ0n) is 21.9. The molecule has 2 fully saturated rings. The fourth-order valence-corrected chi connectivity index (χ4v) is 4.63. The van der Waals surface area contributed by atoms with Crippen molar-refractivity contribution in [3.63, 3.8) is 0 Å². The Morgan fingerprint density at radius 3 is 2.22 bits per heavy atom. The number of hydrogen-bond acceptors (Lipinski definition) is 5. The third-order valence-corrected chi connectivity index (χ3v) is 6.46. The maximum absolute atomic E-state index is 13.9. The Morgan fingerprint density at radius 1 is 1.08 bits per heavy atom. The van der Waals surface area contributed by atoms with Gasteiger partial charge in [0.15, 0.2) is 0 Å². The summed E-state index contributed by atoms with van der Waals surface area (Å²) in [4.78, 5) is 53.5. The first-order valence-corrected chi connectivity index (χ1v) is 13.0. The molecule has 9 heteroatoms. The first-order valence-electron chi connectivity index (χ1n) is 13.0. The molecule has 1 aromatic rings. The molecule has 0 aliphatic heterocycles. The van der Waals surface area contributed by atoms with Crippen LogP contribution in [0.15, 0.2) is 24.3 Å². The van der Waals surface area contributed by atoms with Gasteiger partial charge in [-0.15, -0.1) is 6.42 Å². The van der Waals surface area contributed by atoms with Crippen molar-refractivity contribution >= 4 is 23.8 Å². The summed E-state index contributed by atoms with van der Waals surface area (Å²) in [5.74, 6) is 0.950. The van der Waals surface area contributed by atoms with Crippen molar-refractivity contribution < 1.29 is 23.9 Å². The van der Waals surface area contributed by atoms with E-state index in [-0.39, 0.29) is 18.0 Å². The molecule has 0 spiro atoms. The second-order valence-corrected chi connectivity index (χ2v) is 10.9. The van der Waals surface area contributed by atoms with Gasteiger partial charge in [-0.1, -0.05) is 37.3 Å². The van der Waals surface area contributed by atoms with Gasteiger partial charge in [-0.2, -0.15) is 0 Å². The Hall–Kier alpha value is -3.54. The van der Waals surface area contributed by atoms with E-state index in [0.717, 1.165) is 32.1 Å². The van der Waals surface area contributed by atoms with Gasteiger partial charge in [-0.3, -0.25) is 14.4 Å². The topological polar surface area (TPSA) is 131 Å². The minimum absolute atomic E-state index is 0.0335. The number of carbonyl (C=O) groups is 4. The van der Waals surface area contributed by atoms with Crippen LogP contribution in [0.3, 0.4) is 0 Å². The van der Waals surface area contributed by atoms with E-state index in [1.807, 2.05) is 0 Å². The molecule has 2 atom stereocenters. The summed E-state index contributed by atoms with van der Waals surface area (Å²) in [5, 5.41) is 5.64. The molecule has 2 aliphatic rings. The lowest BCUT2D eigenvalue weighted by atomic mass is 9.94. The highest BCUT2D eigenvalue weighted by molar-refractivity contribution is 5.95. The molecule has 0 heterocycles. The predicted octanol–water partition coefficient (Wildman–Crippen LogP) is 2.92. The van der Waals surface area contributed by atoms with Crippen molar-refractivity contribution in [2.75, 3.05) is 0 Å². The highest BCUT2D eigenvalue weighted by Gasteiger charge is 2.44. The third-order valence-electron chi connectivity index (χ3n) is 6.46. The molecule has 0 bridgehead atoms. The van der Waals surface area contributed by atoms with Crippen LogP contribution in [0.2, 0.25) is 0 Å². The van der Waals surface area contributed by atoms with Gasteiger partial charge in [0.1, 0.15) is 17.7 Å². The Labute approximate surface area is 218 Å². The fourth-order valence-electron chi connectivity index (χ4n) is 4.63. The largest absolute Gasteiger partial charge is 0.444 e. The summed E-state index contributed by atoms with van der Waals surface area (Å²) in [7, 11) is 0.